The zero-order valence-electron chi connectivity index (χ0n) is 19.1. The molecule has 0 bridgehead atoms. The molecule has 0 aromatic rings. The summed E-state index contributed by atoms with van der Waals surface area (Å²) >= 11 is 0. The molecule has 0 aliphatic heterocycles. The van der Waals surface area contributed by atoms with Crippen LogP contribution in [-0.2, 0) is 21.9 Å². The smallest absolute Gasteiger partial charge is 0.456 e. The highest BCUT2D eigenvalue weighted by Crippen LogP contribution is 2.43. The molecular formula is C18H40O6Si4. The molecule has 0 aromatic heterocycles. The first-order valence-corrected chi connectivity index (χ1v) is 22.1. The number of hydrogen-bond donors (Lipinski definition) is 1. The van der Waals surface area contributed by atoms with Crippen LogP contribution in [0.4, 0.5) is 0 Å². The highest BCUT2D eigenvalue weighted by Gasteiger charge is 2.57. The van der Waals surface area contributed by atoms with Crippen LogP contribution in [0.3, 0.4) is 0 Å². The van der Waals surface area contributed by atoms with Crippen LogP contribution < -0.4 is 0 Å². The van der Waals surface area contributed by atoms with E-state index in [0.717, 1.165) is 12.5 Å². The largest absolute Gasteiger partial charge is 0.472 e. The third-order valence-electron chi connectivity index (χ3n) is 4.03. The van der Waals surface area contributed by atoms with Crippen molar-refractivity contribution < 1.29 is 27.0 Å². The van der Waals surface area contributed by atoms with E-state index in [1.54, 1.807) is 0 Å². The SMILES string of the molecule is C=CC(=O)OC1CCC([Si](O[Si](C)(C)C)(O[Si](C)(C)C)O[Si](C)(C)C)CC1O. The van der Waals surface area contributed by atoms with Crippen LogP contribution in [-0.4, -0.2) is 57.0 Å². The number of aliphatic hydroxyl groups is 1. The summed E-state index contributed by atoms with van der Waals surface area (Å²) in [6, 6.07) is 0. The summed E-state index contributed by atoms with van der Waals surface area (Å²) < 4.78 is 25.6. The number of carbonyl (C=O) groups is 1. The Bertz CT molecular complexity index is 509. The first kappa shape index (κ1) is 26.0. The van der Waals surface area contributed by atoms with E-state index in [0.29, 0.717) is 12.8 Å². The summed E-state index contributed by atoms with van der Waals surface area (Å²) in [4.78, 5) is 11.6. The van der Waals surface area contributed by atoms with Gasteiger partial charge in [0, 0.05) is 11.6 Å². The Morgan fingerprint density at radius 1 is 0.893 bits per heavy atom. The van der Waals surface area contributed by atoms with Crippen LogP contribution in [0, 0.1) is 0 Å². The van der Waals surface area contributed by atoms with Gasteiger partial charge in [0.05, 0.1) is 6.10 Å². The Hall–Kier alpha value is -0.0825. The molecule has 1 saturated carbocycles. The molecule has 1 N–H and O–H groups in total. The second kappa shape index (κ2) is 9.37. The van der Waals surface area contributed by atoms with Crippen molar-refractivity contribution in [3.8, 4) is 0 Å². The second-order valence-electron chi connectivity index (χ2n) is 10.5. The van der Waals surface area contributed by atoms with Gasteiger partial charge < -0.3 is 22.2 Å². The van der Waals surface area contributed by atoms with E-state index < -0.39 is 51.9 Å². The average molecular weight is 465 g/mol. The number of aliphatic hydroxyl groups excluding tert-OH is 1. The molecule has 10 heteroatoms. The molecule has 0 aromatic carbocycles. The van der Waals surface area contributed by atoms with Crippen LogP contribution in [0.15, 0.2) is 12.7 Å². The number of carbonyl (C=O) groups excluding carboxylic acids is 1. The topological polar surface area (TPSA) is 74.2 Å². The lowest BCUT2D eigenvalue weighted by Crippen LogP contribution is -2.64. The molecule has 0 saturated heterocycles. The summed E-state index contributed by atoms with van der Waals surface area (Å²) in [6.45, 7) is 22.8. The molecule has 164 valence electrons. The predicted octanol–water partition coefficient (Wildman–Crippen LogP) is 4.49. The van der Waals surface area contributed by atoms with Gasteiger partial charge in [0.15, 0.2) is 25.0 Å². The van der Waals surface area contributed by atoms with E-state index in [1.807, 2.05) is 0 Å². The molecule has 1 fully saturated rings. The molecule has 6 nitrogen and oxygen atoms in total. The third-order valence-corrected chi connectivity index (χ3v) is 16.3. The molecule has 1 aliphatic carbocycles. The molecule has 28 heavy (non-hydrogen) atoms. The summed E-state index contributed by atoms with van der Waals surface area (Å²) in [7, 11) is -8.97. The summed E-state index contributed by atoms with van der Waals surface area (Å²) in [5.41, 5.74) is 0.00589. The first-order chi connectivity index (χ1) is 12.5. The maximum absolute atomic E-state index is 11.6. The lowest BCUT2D eigenvalue weighted by atomic mass is 9.94. The standard InChI is InChI=1S/C18H40O6Si4/c1-11-18(20)21-17-13-12-15(14-16(17)19)28(22-25(2,3)4,23-26(5,6)7)24-27(8,9)10/h11,15-17,19H,1,12-14H2,2-10H3. The van der Waals surface area contributed by atoms with Crippen molar-refractivity contribution >= 4 is 39.7 Å². The van der Waals surface area contributed by atoms with Crippen LogP contribution >= 0.6 is 0 Å². The number of esters is 1. The molecule has 0 amide bonds. The van der Waals surface area contributed by atoms with E-state index in [4.69, 9.17) is 17.1 Å². The van der Waals surface area contributed by atoms with E-state index in [-0.39, 0.29) is 5.54 Å². The Kier molecular flexibility index (Phi) is 8.69. The summed E-state index contributed by atoms with van der Waals surface area (Å²) in [5, 5.41) is 10.7. The monoisotopic (exact) mass is 464 g/mol. The van der Waals surface area contributed by atoms with Gasteiger partial charge in [0.1, 0.15) is 6.10 Å². The van der Waals surface area contributed by atoms with Gasteiger partial charge in [0.2, 0.25) is 0 Å². The van der Waals surface area contributed by atoms with Crippen molar-refractivity contribution in [3.63, 3.8) is 0 Å². The highest BCUT2D eigenvalue weighted by molar-refractivity contribution is 6.90. The fourth-order valence-electron chi connectivity index (χ4n) is 3.37. The van der Waals surface area contributed by atoms with E-state index >= 15 is 0 Å². The van der Waals surface area contributed by atoms with Crippen LogP contribution in [0.5, 0.6) is 0 Å². The fourth-order valence-corrected chi connectivity index (χ4v) is 18.3. The van der Waals surface area contributed by atoms with Crippen molar-refractivity contribution in [1.29, 1.82) is 0 Å². The van der Waals surface area contributed by atoms with Gasteiger partial charge in [-0.1, -0.05) is 6.58 Å². The quantitative estimate of drug-likeness (QED) is 0.308. The Morgan fingerprint density at radius 2 is 1.32 bits per heavy atom. The predicted molar refractivity (Wildman–Crippen MR) is 123 cm³/mol. The normalized spacial score (nSPS) is 24.7. The van der Waals surface area contributed by atoms with Crippen molar-refractivity contribution in [1.82, 2.24) is 0 Å². The maximum Gasteiger partial charge on any atom is 0.472 e. The highest BCUT2D eigenvalue weighted by atomic mass is 28.5. The average Bonchev–Trinajstić information content (AvgIpc) is 2.43. The van der Waals surface area contributed by atoms with Crippen molar-refractivity contribution in [2.75, 3.05) is 0 Å². The van der Waals surface area contributed by atoms with Crippen LogP contribution in [0.25, 0.3) is 0 Å². The van der Waals surface area contributed by atoms with Gasteiger partial charge in [0.25, 0.3) is 0 Å². The minimum Gasteiger partial charge on any atom is -0.456 e. The zero-order chi connectivity index (χ0) is 22.0. The number of hydrogen-bond acceptors (Lipinski definition) is 6. The zero-order valence-corrected chi connectivity index (χ0v) is 23.1. The number of rotatable bonds is 9. The van der Waals surface area contributed by atoms with Crippen molar-refractivity contribution in [2.45, 2.75) is 95.9 Å². The fraction of sp³-hybridized carbons (Fsp3) is 0.833. The minimum absolute atomic E-state index is 0.00589. The Morgan fingerprint density at radius 3 is 1.64 bits per heavy atom. The summed E-state index contributed by atoms with van der Waals surface area (Å²) in [6.07, 6.45) is 1.64. The first-order valence-electron chi connectivity index (χ1n) is 10.1. The lowest BCUT2D eigenvalue weighted by molar-refractivity contribution is -0.151. The molecule has 1 rings (SSSR count). The van der Waals surface area contributed by atoms with Gasteiger partial charge in [-0.2, -0.15) is 0 Å². The Labute approximate surface area is 175 Å². The lowest BCUT2D eigenvalue weighted by Gasteiger charge is -2.48. The van der Waals surface area contributed by atoms with E-state index in [1.165, 1.54) is 0 Å². The van der Waals surface area contributed by atoms with Gasteiger partial charge in [-0.15, -0.1) is 0 Å². The van der Waals surface area contributed by atoms with Gasteiger partial charge >= 0.3 is 14.8 Å². The van der Waals surface area contributed by atoms with Gasteiger partial charge in [-0.05, 0) is 78.2 Å². The second-order valence-corrected chi connectivity index (χ2v) is 27.7. The molecule has 0 heterocycles. The van der Waals surface area contributed by atoms with Gasteiger partial charge in [-0.3, -0.25) is 0 Å². The molecule has 3 atom stereocenters. The Balaban J connectivity index is 3.22. The number of ether oxygens (including phenoxy) is 1. The van der Waals surface area contributed by atoms with E-state index in [9.17, 15) is 9.90 Å². The molecule has 0 spiro atoms. The van der Waals surface area contributed by atoms with Crippen molar-refractivity contribution in [3.05, 3.63) is 12.7 Å². The third kappa shape index (κ3) is 8.74. The molecule has 0 radical (unpaired) electrons. The van der Waals surface area contributed by atoms with Crippen LogP contribution in [0.2, 0.25) is 64.5 Å². The molecular weight excluding hydrogens is 425 g/mol. The molecule has 1 aliphatic rings. The van der Waals surface area contributed by atoms with E-state index in [2.05, 4.69) is 65.5 Å². The molecule has 3 unspecified atom stereocenters. The summed E-state index contributed by atoms with van der Waals surface area (Å²) in [5.74, 6) is -0.499. The van der Waals surface area contributed by atoms with Crippen LogP contribution in [0.1, 0.15) is 19.3 Å². The maximum atomic E-state index is 11.6. The minimum atomic E-state index is -3.06. The van der Waals surface area contributed by atoms with Crippen molar-refractivity contribution in [2.24, 2.45) is 0 Å². The van der Waals surface area contributed by atoms with Gasteiger partial charge in [-0.25, -0.2) is 4.79 Å².